The summed E-state index contributed by atoms with van der Waals surface area (Å²) in [6, 6.07) is 24.3. The molecule has 0 amide bonds. The third-order valence-corrected chi connectivity index (χ3v) is 5.38. The number of aromatic nitrogens is 3. The van der Waals surface area contributed by atoms with E-state index in [-0.39, 0.29) is 11.7 Å². The molecule has 1 aromatic heterocycles. The lowest BCUT2D eigenvalue weighted by molar-refractivity contribution is 0.626. The lowest BCUT2D eigenvalue weighted by Gasteiger charge is -2.16. The van der Waals surface area contributed by atoms with E-state index in [1.54, 1.807) is 12.1 Å². The summed E-state index contributed by atoms with van der Waals surface area (Å²) in [7, 11) is 0. The molecule has 0 saturated heterocycles. The van der Waals surface area contributed by atoms with Crippen LogP contribution in [0.5, 0.6) is 0 Å². The SMILES string of the molecule is CCCCc1nc(C(c2ccc(F)cc2)c2ccc(-c3ccccc3C#N)cc2)n[nH]1. The molecule has 4 aromatic rings. The Labute approximate surface area is 181 Å². The molecule has 0 spiro atoms. The van der Waals surface area contributed by atoms with Gasteiger partial charge in [-0.2, -0.15) is 10.4 Å². The molecule has 1 unspecified atom stereocenters. The molecule has 0 radical (unpaired) electrons. The van der Waals surface area contributed by atoms with E-state index < -0.39 is 0 Å². The van der Waals surface area contributed by atoms with Gasteiger partial charge < -0.3 is 0 Å². The van der Waals surface area contributed by atoms with Crippen molar-refractivity contribution in [3.8, 4) is 17.2 Å². The van der Waals surface area contributed by atoms with Crippen LogP contribution in [-0.2, 0) is 6.42 Å². The summed E-state index contributed by atoms with van der Waals surface area (Å²) in [5, 5.41) is 16.9. The van der Waals surface area contributed by atoms with E-state index in [4.69, 9.17) is 4.98 Å². The van der Waals surface area contributed by atoms with Crippen LogP contribution in [0.4, 0.5) is 4.39 Å². The number of aryl methyl sites for hydroxylation is 1. The summed E-state index contributed by atoms with van der Waals surface area (Å²) in [4.78, 5) is 4.73. The number of hydrogen-bond donors (Lipinski definition) is 1. The van der Waals surface area contributed by atoms with Gasteiger partial charge in [0.25, 0.3) is 0 Å². The average molecular weight is 410 g/mol. The monoisotopic (exact) mass is 410 g/mol. The Morgan fingerprint density at radius 3 is 2.32 bits per heavy atom. The van der Waals surface area contributed by atoms with Crippen molar-refractivity contribution in [3.63, 3.8) is 0 Å². The van der Waals surface area contributed by atoms with Crippen LogP contribution in [0.25, 0.3) is 11.1 Å². The van der Waals surface area contributed by atoms with Gasteiger partial charge in [0.2, 0.25) is 0 Å². The molecule has 1 atom stereocenters. The third-order valence-electron chi connectivity index (χ3n) is 5.38. The number of aromatic amines is 1. The second kappa shape index (κ2) is 9.36. The predicted octanol–water partition coefficient (Wildman–Crippen LogP) is 6.01. The van der Waals surface area contributed by atoms with Crippen LogP contribution in [0, 0.1) is 17.1 Å². The van der Waals surface area contributed by atoms with E-state index >= 15 is 0 Å². The normalized spacial score (nSPS) is 11.8. The maximum absolute atomic E-state index is 13.5. The first-order valence-electron chi connectivity index (χ1n) is 10.5. The fourth-order valence-corrected chi connectivity index (χ4v) is 3.73. The average Bonchev–Trinajstić information content (AvgIpc) is 3.28. The van der Waals surface area contributed by atoms with Gasteiger partial charge in [-0.15, -0.1) is 0 Å². The molecule has 31 heavy (non-hydrogen) atoms. The van der Waals surface area contributed by atoms with Crippen molar-refractivity contribution in [3.05, 3.63) is 107 Å². The first kappa shape index (κ1) is 20.5. The Morgan fingerprint density at radius 1 is 0.968 bits per heavy atom. The van der Waals surface area contributed by atoms with Crippen LogP contribution in [-0.4, -0.2) is 15.2 Å². The highest BCUT2D eigenvalue weighted by molar-refractivity contribution is 5.70. The zero-order valence-electron chi connectivity index (χ0n) is 17.3. The van der Waals surface area contributed by atoms with Gasteiger partial charge in [-0.1, -0.05) is 67.9 Å². The molecule has 0 saturated carbocycles. The van der Waals surface area contributed by atoms with Crippen LogP contribution in [0.15, 0.2) is 72.8 Å². The van der Waals surface area contributed by atoms with Gasteiger partial charge in [0.1, 0.15) is 11.6 Å². The van der Waals surface area contributed by atoms with E-state index in [0.29, 0.717) is 11.4 Å². The molecule has 5 heteroatoms. The van der Waals surface area contributed by atoms with Gasteiger partial charge in [-0.3, -0.25) is 5.10 Å². The second-order valence-corrected chi connectivity index (χ2v) is 7.51. The fourth-order valence-electron chi connectivity index (χ4n) is 3.73. The molecule has 3 aromatic carbocycles. The van der Waals surface area contributed by atoms with E-state index in [0.717, 1.165) is 47.3 Å². The molecule has 0 aliphatic heterocycles. The molecular formula is C26H23FN4. The van der Waals surface area contributed by atoms with Crippen LogP contribution in [0.1, 0.15) is 54.0 Å². The van der Waals surface area contributed by atoms with E-state index in [9.17, 15) is 9.65 Å². The van der Waals surface area contributed by atoms with E-state index in [1.807, 2.05) is 48.5 Å². The van der Waals surface area contributed by atoms with Gasteiger partial charge in [-0.05, 0) is 46.9 Å². The van der Waals surface area contributed by atoms with Crippen molar-refractivity contribution in [2.24, 2.45) is 0 Å². The lowest BCUT2D eigenvalue weighted by atomic mass is 9.89. The standard InChI is InChI=1S/C26H23FN4/c1-2-3-8-24-29-26(31-30-24)25(20-13-15-22(27)16-14-20)19-11-9-18(10-12-19)23-7-5-4-6-21(23)17-28/h4-7,9-16,25H,2-3,8H2,1H3,(H,29,30,31). The smallest absolute Gasteiger partial charge is 0.162 e. The number of nitrogens with one attached hydrogen (secondary N) is 1. The van der Waals surface area contributed by atoms with Crippen LogP contribution < -0.4 is 0 Å². The number of nitriles is 1. The summed E-state index contributed by atoms with van der Waals surface area (Å²) in [6.45, 7) is 2.14. The van der Waals surface area contributed by atoms with Crippen LogP contribution >= 0.6 is 0 Å². The molecular weight excluding hydrogens is 387 g/mol. The van der Waals surface area contributed by atoms with Gasteiger partial charge in [-0.25, -0.2) is 9.37 Å². The number of H-pyrrole nitrogens is 1. The van der Waals surface area contributed by atoms with Crippen molar-refractivity contribution in [2.45, 2.75) is 32.1 Å². The zero-order chi connectivity index (χ0) is 21.6. The van der Waals surface area contributed by atoms with Crippen LogP contribution in [0.3, 0.4) is 0 Å². The van der Waals surface area contributed by atoms with Crippen molar-refractivity contribution in [2.75, 3.05) is 0 Å². The maximum Gasteiger partial charge on any atom is 0.162 e. The summed E-state index contributed by atoms with van der Waals surface area (Å²) in [5.74, 6) is 1.04. The number of unbranched alkanes of at least 4 members (excludes halogenated alkanes) is 1. The number of halogens is 1. The fraction of sp³-hybridized carbons (Fsp3) is 0.192. The summed E-state index contributed by atoms with van der Waals surface area (Å²) >= 11 is 0. The number of rotatable bonds is 7. The maximum atomic E-state index is 13.5. The minimum Gasteiger partial charge on any atom is -0.263 e. The highest BCUT2D eigenvalue weighted by atomic mass is 19.1. The van der Waals surface area contributed by atoms with Gasteiger partial charge >= 0.3 is 0 Å². The Balaban J connectivity index is 1.72. The molecule has 1 N–H and O–H groups in total. The first-order valence-corrected chi connectivity index (χ1v) is 10.5. The zero-order valence-corrected chi connectivity index (χ0v) is 17.3. The highest BCUT2D eigenvalue weighted by Crippen LogP contribution is 2.32. The highest BCUT2D eigenvalue weighted by Gasteiger charge is 2.22. The van der Waals surface area contributed by atoms with Crippen molar-refractivity contribution in [1.82, 2.24) is 15.2 Å². The molecule has 154 valence electrons. The number of hydrogen-bond acceptors (Lipinski definition) is 3. The molecule has 4 rings (SSSR count). The Kier molecular flexibility index (Phi) is 6.18. The second-order valence-electron chi connectivity index (χ2n) is 7.51. The van der Waals surface area contributed by atoms with Gasteiger partial charge in [0.15, 0.2) is 5.82 Å². The topological polar surface area (TPSA) is 65.4 Å². The molecule has 0 aliphatic carbocycles. The summed E-state index contributed by atoms with van der Waals surface area (Å²) < 4.78 is 13.5. The molecule has 0 bridgehead atoms. The minimum absolute atomic E-state index is 0.215. The Bertz CT molecular complexity index is 1190. The van der Waals surface area contributed by atoms with Crippen LogP contribution in [0.2, 0.25) is 0 Å². The Morgan fingerprint density at radius 2 is 1.65 bits per heavy atom. The molecule has 4 nitrogen and oxygen atoms in total. The molecule has 0 aliphatic rings. The molecule has 1 heterocycles. The quantitative estimate of drug-likeness (QED) is 0.406. The van der Waals surface area contributed by atoms with Crippen molar-refractivity contribution in [1.29, 1.82) is 5.26 Å². The minimum atomic E-state index is -0.274. The van der Waals surface area contributed by atoms with Gasteiger partial charge in [0.05, 0.1) is 17.6 Å². The van der Waals surface area contributed by atoms with Crippen molar-refractivity contribution < 1.29 is 4.39 Å². The number of nitrogens with zero attached hydrogens (tertiary/aromatic N) is 3. The predicted molar refractivity (Wildman–Crippen MR) is 119 cm³/mol. The largest absolute Gasteiger partial charge is 0.263 e. The van der Waals surface area contributed by atoms with E-state index in [2.05, 4.69) is 23.2 Å². The van der Waals surface area contributed by atoms with Crippen molar-refractivity contribution >= 4 is 0 Å². The molecule has 0 fully saturated rings. The Hall–Kier alpha value is -3.78. The van der Waals surface area contributed by atoms with Gasteiger partial charge in [0, 0.05) is 6.42 Å². The summed E-state index contributed by atoms with van der Waals surface area (Å²) in [6.07, 6.45) is 2.98. The number of benzene rings is 3. The van der Waals surface area contributed by atoms with E-state index in [1.165, 1.54) is 12.1 Å². The third kappa shape index (κ3) is 4.54. The lowest BCUT2D eigenvalue weighted by Crippen LogP contribution is -2.06. The first-order chi connectivity index (χ1) is 15.2. The summed E-state index contributed by atoms with van der Waals surface area (Å²) in [5.41, 5.74) is 4.44.